The molecule has 8 aromatic carbocycles. The minimum Gasteiger partial charge on any atom is -0.455 e. The Balaban J connectivity index is 1.34. The number of hydrogen-bond acceptors (Lipinski definition) is 1. The van der Waals surface area contributed by atoms with Crippen LogP contribution in [0.1, 0.15) is 0 Å². The van der Waals surface area contributed by atoms with Gasteiger partial charge in [0.05, 0.1) is 0 Å². The summed E-state index contributed by atoms with van der Waals surface area (Å²) >= 11 is 0. The average Bonchev–Trinajstić information content (AvgIpc) is 3.49. The van der Waals surface area contributed by atoms with Gasteiger partial charge in [-0.05, 0) is 79.2 Å². The molecule has 200 valence electrons. The Kier molecular flexibility index (Phi) is 5.27. The summed E-state index contributed by atoms with van der Waals surface area (Å²) in [4.78, 5) is 0. The molecule has 1 nitrogen and oxygen atoms in total. The van der Waals surface area contributed by atoms with E-state index in [9.17, 15) is 0 Å². The number of furan rings is 1. The molecule has 1 heteroatoms. The Bertz CT molecular complexity index is 2260. The molecule has 0 bridgehead atoms. The van der Waals surface area contributed by atoms with Crippen molar-refractivity contribution in [2.24, 2.45) is 0 Å². The molecule has 0 aliphatic carbocycles. The first-order valence-electron chi connectivity index (χ1n) is 14.8. The topological polar surface area (TPSA) is 13.1 Å². The Morgan fingerprint density at radius 3 is 1.14 bits per heavy atom. The van der Waals surface area contributed by atoms with Gasteiger partial charge in [0.15, 0.2) is 0 Å². The second-order valence-electron chi connectivity index (χ2n) is 11.3. The molecular weight excluding hydrogens is 520 g/mol. The van der Waals surface area contributed by atoms with Crippen molar-refractivity contribution in [3.8, 4) is 44.5 Å². The summed E-state index contributed by atoms with van der Waals surface area (Å²) in [6.45, 7) is 0. The molecule has 0 saturated carbocycles. The maximum atomic E-state index is 7.05. The zero-order chi connectivity index (χ0) is 28.3. The van der Waals surface area contributed by atoms with Crippen LogP contribution >= 0.6 is 0 Å². The molecule has 0 saturated heterocycles. The van der Waals surface area contributed by atoms with Crippen LogP contribution in [0, 0.1) is 0 Å². The van der Waals surface area contributed by atoms with Crippen molar-refractivity contribution in [1.29, 1.82) is 0 Å². The normalized spacial score (nSPS) is 11.7. The maximum Gasteiger partial charge on any atom is 0.143 e. The van der Waals surface area contributed by atoms with Gasteiger partial charge >= 0.3 is 0 Å². The van der Waals surface area contributed by atoms with Gasteiger partial charge in [-0.1, -0.05) is 133 Å². The van der Waals surface area contributed by atoms with E-state index in [1.807, 2.05) is 0 Å². The Morgan fingerprint density at radius 1 is 0.279 bits per heavy atom. The lowest BCUT2D eigenvalue weighted by Crippen LogP contribution is -1.86. The molecule has 0 fully saturated rings. The Labute approximate surface area is 249 Å². The van der Waals surface area contributed by atoms with Crippen molar-refractivity contribution in [2.75, 3.05) is 0 Å². The number of hydrogen-bond donors (Lipinski definition) is 0. The van der Waals surface area contributed by atoms with Crippen LogP contribution in [0.15, 0.2) is 162 Å². The van der Waals surface area contributed by atoms with Crippen LogP contribution in [0.4, 0.5) is 0 Å². The molecule has 9 rings (SSSR count). The second-order valence-corrected chi connectivity index (χ2v) is 11.3. The van der Waals surface area contributed by atoms with Gasteiger partial charge in [-0.3, -0.25) is 0 Å². The summed E-state index contributed by atoms with van der Waals surface area (Å²) in [6, 6.07) is 56.5. The molecule has 0 amide bonds. The van der Waals surface area contributed by atoms with Gasteiger partial charge in [0.2, 0.25) is 0 Å². The van der Waals surface area contributed by atoms with Crippen LogP contribution in [-0.2, 0) is 0 Å². The molecule has 43 heavy (non-hydrogen) atoms. The molecule has 1 aromatic heterocycles. The van der Waals surface area contributed by atoms with E-state index in [2.05, 4.69) is 158 Å². The lowest BCUT2D eigenvalue weighted by atomic mass is 9.89. The van der Waals surface area contributed by atoms with Gasteiger partial charge in [0.1, 0.15) is 11.2 Å². The van der Waals surface area contributed by atoms with Crippen molar-refractivity contribution in [2.45, 2.75) is 0 Å². The highest BCUT2D eigenvalue weighted by atomic mass is 16.3. The van der Waals surface area contributed by atoms with E-state index in [0.717, 1.165) is 33.4 Å². The first-order valence-corrected chi connectivity index (χ1v) is 14.8. The van der Waals surface area contributed by atoms with Crippen molar-refractivity contribution >= 4 is 43.5 Å². The fourth-order valence-corrected chi connectivity index (χ4v) is 6.83. The molecule has 0 atom stereocenters. The van der Waals surface area contributed by atoms with Gasteiger partial charge < -0.3 is 4.42 Å². The zero-order valence-electron chi connectivity index (χ0n) is 23.4. The third-order valence-electron chi connectivity index (χ3n) is 8.84. The van der Waals surface area contributed by atoms with E-state index in [4.69, 9.17) is 4.42 Å². The van der Waals surface area contributed by atoms with E-state index in [-0.39, 0.29) is 0 Å². The predicted molar refractivity (Wildman–Crippen MR) is 182 cm³/mol. The average molecular weight is 547 g/mol. The van der Waals surface area contributed by atoms with Crippen molar-refractivity contribution < 1.29 is 4.42 Å². The Hall–Kier alpha value is -5.66. The highest BCUT2D eigenvalue weighted by Gasteiger charge is 2.22. The van der Waals surface area contributed by atoms with Gasteiger partial charge in [0.25, 0.3) is 0 Å². The largest absolute Gasteiger partial charge is 0.455 e. The van der Waals surface area contributed by atoms with Crippen LogP contribution in [0.25, 0.3) is 88.0 Å². The maximum absolute atomic E-state index is 7.05. The van der Waals surface area contributed by atoms with E-state index >= 15 is 0 Å². The fraction of sp³-hybridized carbons (Fsp3) is 0. The molecule has 0 N–H and O–H groups in total. The fourth-order valence-electron chi connectivity index (χ4n) is 6.83. The summed E-state index contributed by atoms with van der Waals surface area (Å²) in [5.41, 5.74) is 11.2. The summed E-state index contributed by atoms with van der Waals surface area (Å²) in [5, 5.41) is 7.38. The third kappa shape index (κ3) is 3.72. The predicted octanol–water partition coefficient (Wildman–Crippen LogP) is 12.0. The minimum absolute atomic E-state index is 0.945. The van der Waals surface area contributed by atoms with Gasteiger partial charge in [-0.15, -0.1) is 0 Å². The van der Waals surface area contributed by atoms with Crippen LogP contribution in [0.5, 0.6) is 0 Å². The third-order valence-corrected chi connectivity index (χ3v) is 8.84. The highest BCUT2D eigenvalue weighted by molar-refractivity contribution is 6.35. The number of benzene rings is 8. The molecule has 1 heterocycles. The van der Waals surface area contributed by atoms with Crippen LogP contribution in [0.2, 0.25) is 0 Å². The van der Waals surface area contributed by atoms with Crippen LogP contribution in [-0.4, -0.2) is 0 Å². The summed E-state index contributed by atoms with van der Waals surface area (Å²) in [6.07, 6.45) is 0. The molecule has 9 aromatic rings. The van der Waals surface area contributed by atoms with Gasteiger partial charge in [-0.25, -0.2) is 0 Å². The lowest BCUT2D eigenvalue weighted by molar-refractivity contribution is 0.671. The molecule has 0 aliphatic rings. The Morgan fingerprint density at radius 2 is 0.674 bits per heavy atom. The van der Waals surface area contributed by atoms with Crippen molar-refractivity contribution in [1.82, 2.24) is 0 Å². The first kappa shape index (κ1) is 24.0. The molecule has 0 spiro atoms. The standard InChI is InChI=1S/C42H26O/c1-3-11-27(12-4-1)29-15-9-17-31(25-29)33-21-23-37-35-19-7-8-20-36(35)38-24-22-34(42-40(38)39(37)41(33)43-42)32-18-10-16-30(26-32)28-13-5-2-6-14-28/h1-26H. The zero-order valence-corrected chi connectivity index (χ0v) is 23.4. The van der Waals surface area contributed by atoms with E-state index in [0.29, 0.717) is 0 Å². The quantitative estimate of drug-likeness (QED) is 0.200. The summed E-state index contributed by atoms with van der Waals surface area (Å²) in [5.74, 6) is 0. The van der Waals surface area contributed by atoms with E-state index in [1.54, 1.807) is 0 Å². The lowest BCUT2D eigenvalue weighted by Gasteiger charge is -2.11. The highest BCUT2D eigenvalue weighted by Crippen LogP contribution is 2.48. The SMILES string of the molecule is c1ccc(-c2cccc(-c3ccc4c5ccccc5c5ccc(-c6cccc(-c7ccccc7)c6)c6oc3c4c65)c2)cc1. The van der Waals surface area contributed by atoms with Gasteiger partial charge in [-0.2, -0.15) is 0 Å². The molecular formula is C42H26O. The molecule has 0 aliphatic heterocycles. The molecule has 0 unspecified atom stereocenters. The van der Waals surface area contributed by atoms with Crippen molar-refractivity contribution in [3.63, 3.8) is 0 Å². The number of rotatable bonds is 4. The van der Waals surface area contributed by atoms with E-state index < -0.39 is 0 Å². The number of fused-ring (bicyclic) bond motifs is 3. The van der Waals surface area contributed by atoms with Crippen LogP contribution < -0.4 is 0 Å². The summed E-state index contributed by atoms with van der Waals surface area (Å²) < 4.78 is 7.05. The van der Waals surface area contributed by atoms with E-state index in [1.165, 1.54) is 54.6 Å². The minimum atomic E-state index is 0.945. The molecule has 0 radical (unpaired) electrons. The summed E-state index contributed by atoms with van der Waals surface area (Å²) in [7, 11) is 0. The second kappa shape index (κ2) is 9.44. The first-order chi connectivity index (χ1) is 21.3. The van der Waals surface area contributed by atoms with Crippen molar-refractivity contribution in [3.05, 3.63) is 158 Å². The van der Waals surface area contributed by atoms with Gasteiger partial charge in [0, 0.05) is 21.9 Å². The monoisotopic (exact) mass is 546 g/mol. The smallest absolute Gasteiger partial charge is 0.143 e. The van der Waals surface area contributed by atoms with Crippen LogP contribution in [0.3, 0.4) is 0 Å².